The molecule has 4 rings (SSSR count). The lowest BCUT2D eigenvalue weighted by Gasteiger charge is -2.33. The minimum absolute atomic E-state index is 0.0580. The van der Waals surface area contributed by atoms with E-state index < -0.39 is 17.9 Å². The zero-order chi connectivity index (χ0) is 22.1. The van der Waals surface area contributed by atoms with Crippen molar-refractivity contribution in [2.45, 2.75) is 45.3 Å². The zero-order valence-electron chi connectivity index (χ0n) is 17.5. The van der Waals surface area contributed by atoms with Crippen molar-refractivity contribution in [2.75, 3.05) is 12.4 Å². The number of nitrogens with one attached hydrogen (secondary N) is 1. The molecule has 1 saturated carbocycles. The number of aliphatic hydroxyl groups excluding tert-OH is 1. The molecule has 2 aromatic heterocycles. The number of hydrogen-bond donors (Lipinski definition) is 2. The van der Waals surface area contributed by atoms with E-state index in [9.17, 15) is 14.3 Å². The van der Waals surface area contributed by atoms with E-state index in [0.717, 1.165) is 19.3 Å². The molecule has 31 heavy (non-hydrogen) atoms. The summed E-state index contributed by atoms with van der Waals surface area (Å²) in [5.41, 5.74) is 1.25. The van der Waals surface area contributed by atoms with Crippen LogP contribution in [0.4, 0.5) is 15.9 Å². The number of fused-ring (bicyclic) bond motifs is 1. The standard InChI is InChI=1S/C22H24FN3O4S/c1-11-15(27)5-4-6-16(11)30-17-9-13(23)7-8-14(17)26-20-18-12(2)19(22(28)29-3)31-21(18)25-10-24-20/h7-11,15-16,27H,4-6H2,1-3H3,(H,24,25,26). The minimum atomic E-state index is -0.435. The number of thiophene rings is 1. The van der Waals surface area contributed by atoms with Gasteiger partial charge < -0.3 is 19.9 Å². The number of aromatic nitrogens is 2. The van der Waals surface area contributed by atoms with Crippen LogP contribution in [0.2, 0.25) is 0 Å². The number of carbonyl (C=O) groups is 1. The van der Waals surface area contributed by atoms with E-state index in [4.69, 9.17) is 9.47 Å². The summed E-state index contributed by atoms with van der Waals surface area (Å²) in [6, 6.07) is 4.26. The van der Waals surface area contributed by atoms with Crippen LogP contribution in [0.3, 0.4) is 0 Å². The Kier molecular flexibility index (Phi) is 6.06. The number of rotatable bonds is 5. The third kappa shape index (κ3) is 4.20. The fourth-order valence-electron chi connectivity index (χ4n) is 3.91. The Morgan fingerprint density at radius 2 is 2.13 bits per heavy atom. The van der Waals surface area contributed by atoms with Crippen LogP contribution < -0.4 is 10.1 Å². The van der Waals surface area contributed by atoms with Gasteiger partial charge in [0.15, 0.2) is 0 Å². The minimum Gasteiger partial charge on any atom is -0.488 e. The van der Waals surface area contributed by atoms with Crippen LogP contribution in [0, 0.1) is 18.7 Å². The third-order valence-corrected chi connectivity index (χ3v) is 6.93. The largest absolute Gasteiger partial charge is 0.488 e. The molecule has 3 atom stereocenters. The van der Waals surface area contributed by atoms with Crippen LogP contribution >= 0.6 is 11.3 Å². The second kappa shape index (κ2) is 8.76. The molecule has 0 bridgehead atoms. The Morgan fingerprint density at radius 1 is 1.32 bits per heavy atom. The van der Waals surface area contributed by atoms with Crippen molar-refractivity contribution < 1.29 is 23.8 Å². The number of benzene rings is 1. The van der Waals surface area contributed by atoms with Gasteiger partial charge in [-0.15, -0.1) is 11.3 Å². The number of aryl methyl sites for hydroxylation is 1. The molecule has 3 unspecified atom stereocenters. The maximum Gasteiger partial charge on any atom is 0.348 e. The van der Waals surface area contributed by atoms with Gasteiger partial charge in [0.1, 0.15) is 39.5 Å². The monoisotopic (exact) mass is 445 g/mol. The van der Waals surface area contributed by atoms with Crippen molar-refractivity contribution in [1.29, 1.82) is 0 Å². The zero-order valence-corrected chi connectivity index (χ0v) is 18.3. The molecule has 1 aliphatic rings. The third-order valence-electron chi connectivity index (χ3n) is 5.75. The second-order valence-corrected chi connectivity index (χ2v) is 8.73. The Morgan fingerprint density at radius 3 is 2.90 bits per heavy atom. The Hall–Kier alpha value is -2.78. The summed E-state index contributed by atoms with van der Waals surface area (Å²) in [7, 11) is 1.34. The van der Waals surface area contributed by atoms with Gasteiger partial charge in [0.05, 0.1) is 24.3 Å². The normalized spacial score (nSPS) is 21.1. The summed E-state index contributed by atoms with van der Waals surface area (Å²) in [4.78, 5) is 21.8. The van der Waals surface area contributed by atoms with E-state index in [1.165, 1.54) is 36.9 Å². The van der Waals surface area contributed by atoms with Gasteiger partial charge in [0.2, 0.25) is 0 Å². The smallest absolute Gasteiger partial charge is 0.348 e. The van der Waals surface area contributed by atoms with E-state index in [0.29, 0.717) is 37.9 Å². The lowest BCUT2D eigenvalue weighted by molar-refractivity contribution is -0.00138. The van der Waals surface area contributed by atoms with Gasteiger partial charge in [-0.2, -0.15) is 0 Å². The van der Waals surface area contributed by atoms with Crippen LogP contribution in [-0.4, -0.2) is 40.4 Å². The molecule has 1 fully saturated rings. The molecule has 3 aromatic rings. The van der Waals surface area contributed by atoms with Gasteiger partial charge in [0, 0.05) is 12.0 Å². The van der Waals surface area contributed by atoms with Crippen molar-refractivity contribution in [3.63, 3.8) is 0 Å². The summed E-state index contributed by atoms with van der Waals surface area (Å²) in [6.45, 7) is 3.75. The van der Waals surface area contributed by atoms with Crippen LogP contribution in [0.5, 0.6) is 5.75 Å². The van der Waals surface area contributed by atoms with Crippen LogP contribution in [-0.2, 0) is 4.74 Å². The highest BCUT2D eigenvalue weighted by Crippen LogP contribution is 2.38. The number of carbonyl (C=O) groups excluding carboxylic acids is 1. The number of aliphatic hydroxyl groups is 1. The lowest BCUT2D eigenvalue weighted by Crippen LogP contribution is -2.37. The molecule has 0 radical (unpaired) electrons. The van der Waals surface area contributed by atoms with E-state index in [1.807, 2.05) is 13.8 Å². The Balaban J connectivity index is 1.69. The SMILES string of the molecule is COC(=O)c1sc2ncnc(Nc3ccc(F)cc3OC3CCCC(O)C3C)c2c1C. The van der Waals surface area contributed by atoms with Gasteiger partial charge in [0.25, 0.3) is 0 Å². The first kappa shape index (κ1) is 21.5. The number of anilines is 2. The van der Waals surface area contributed by atoms with E-state index in [1.54, 1.807) is 6.07 Å². The number of hydrogen-bond acceptors (Lipinski definition) is 8. The molecule has 7 nitrogen and oxygen atoms in total. The summed E-state index contributed by atoms with van der Waals surface area (Å²) in [6.07, 6.45) is 3.14. The van der Waals surface area contributed by atoms with Crippen LogP contribution in [0.15, 0.2) is 24.5 Å². The van der Waals surface area contributed by atoms with Crippen molar-refractivity contribution >= 4 is 39.0 Å². The molecular weight excluding hydrogens is 421 g/mol. The van der Waals surface area contributed by atoms with Crippen LogP contribution in [0.25, 0.3) is 10.2 Å². The van der Waals surface area contributed by atoms with Gasteiger partial charge in [-0.25, -0.2) is 19.2 Å². The van der Waals surface area contributed by atoms with Gasteiger partial charge in [-0.05, 0) is 43.9 Å². The first-order valence-corrected chi connectivity index (χ1v) is 10.9. The highest BCUT2D eigenvalue weighted by atomic mass is 32.1. The van der Waals surface area contributed by atoms with Crippen molar-refractivity contribution in [3.8, 4) is 5.75 Å². The number of halogens is 1. The van der Waals surface area contributed by atoms with Gasteiger partial charge in [-0.1, -0.05) is 6.92 Å². The highest BCUT2D eigenvalue weighted by Gasteiger charge is 2.31. The van der Waals surface area contributed by atoms with Crippen molar-refractivity contribution in [1.82, 2.24) is 9.97 Å². The van der Waals surface area contributed by atoms with Crippen molar-refractivity contribution in [2.24, 2.45) is 5.92 Å². The molecule has 0 spiro atoms. The first-order chi connectivity index (χ1) is 14.9. The second-order valence-electron chi connectivity index (χ2n) is 7.73. The van der Waals surface area contributed by atoms with Gasteiger partial charge in [-0.3, -0.25) is 0 Å². The summed E-state index contributed by atoms with van der Waals surface area (Å²) >= 11 is 1.23. The van der Waals surface area contributed by atoms with Crippen molar-refractivity contribution in [3.05, 3.63) is 40.8 Å². The molecule has 164 valence electrons. The quantitative estimate of drug-likeness (QED) is 0.555. The average molecular weight is 446 g/mol. The van der Waals surface area contributed by atoms with Gasteiger partial charge >= 0.3 is 5.97 Å². The molecule has 1 aliphatic carbocycles. The molecule has 2 N–H and O–H groups in total. The van der Waals surface area contributed by atoms with E-state index >= 15 is 0 Å². The highest BCUT2D eigenvalue weighted by molar-refractivity contribution is 7.20. The predicted molar refractivity (Wildman–Crippen MR) is 117 cm³/mol. The van der Waals surface area contributed by atoms with Crippen LogP contribution in [0.1, 0.15) is 41.4 Å². The number of methoxy groups -OCH3 is 1. The Bertz CT molecular complexity index is 1120. The number of ether oxygens (including phenoxy) is 2. The maximum atomic E-state index is 14.0. The summed E-state index contributed by atoms with van der Waals surface area (Å²) in [5, 5.41) is 14.1. The van der Waals surface area contributed by atoms with E-state index in [-0.39, 0.29) is 12.0 Å². The maximum absolute atomic E-state index is 14.0. The molecular formula is C22H24FN3O4S. The fourth-order valence-corrected chi connectivity index (χ4v) is 4.98. The molecule has 1 aromatic carbocycles. The average Bonchev–Trinajstić information content (AvgIpc) is 3.10. The number of esters is 1. The fraction of sp³-hybridized carbons (Fsp3) is 0.409. The lowest BCUT2D eigenvalue weighted by atomic mass is 9.85. The molecule has 9 heteroatoms. The molecule has 0 saturated heterocycles. The van der Waals surface area contributed by atoms with E-state index in [2.05, 4.69) is 15.3 Å². The number of nitrogens with zero attached hydrogens (tertiary/aromatic N) is 2. The topological polar surface area (TPSA) is 93.6 Å². The molecule has 0 aliphatic heterocycles. The molecule has 2 heterocycles. The molecule has 0 amide bonds. The summed E-state index contributed by atoms with van der Waals surface area (Å²) < 4.78 is 25.0. The Labute approximate surface area is 183 Å². The first-order valence-electron chi connectivity index (χ1n) is 10.1. The predicted octanol–water partition coefficient (Wildman–Crippen LogP) is 4.60. The summed E-state index contributed by atoms with van der Waals surface area (Å²) in [5.74, 6) is -0.0718.